The van der Waals surface area contributed by atoms with Gasteiger partial charge >= 0.3 is 0 Å². The second-order valence-corrected chi connectivity index (χ2v) is 10.0. The van der Waals surface area contributed by atoms with E-state index in [4.69, 9.17) is 4.74 Å². The third-order valence-corrected chi connectivity index (χ3v) is 7.29. The van der Waals surface area contributed by atoms with Crippen molar-refractivity contribution in [3.05, 3.63) is 90.1 Å². The molecule has 0 amide bonds. The Bertz CT molecular complexity index is 1660. The Kier molecular flexibility index (Phi) is 6.01. The molecule has 1 fully saturated rings. The van der Waals surface area contributed by atoms with Crippen molar-refractivity contribution in [2.45, 2.75) is 44.7 Å². The van der Waals surface area contributed by atoms with Gasteiger partial charge in [0.05, 0.1) is 42.2 Å². The molecule has 2 aromatic carbocycles. The van der Waals surface area contributed by atoms with Crippen LogP contribution in [0.5, 0.6) is 0 Å². The molecule has 1 saturated carbocycles. The molecule has 3 aromatic heterocycles. The summed E-state index contributed by atoms with van der Waals surface area (Å²) in [4.78, 5) is 9.26. The first-order chi connectivity index (χ1) is 18.4. The van der Waals surface area contributed by atoms with Crippen LogP contribution in [-0.2, 0) is 24.9 Å². The number of alkyl halides is 1. The maximum absolute atomic E-state index is 15.4. The Morgan fingerprint density at radius 2 is 1.89 bits per heavy atom. The number of aryl methyl sites for hydroxylation is 2. The van der Waals surface area contributed by atoms with Crippen LogP contribution < -0.4 is 0 Å². The van der Waals surface area contributed by atoms with Gasteiger partial charge in [-0.15, -0.1) is 0 Å². The van der Waals surface area contributed by atoms with Crippen LogP contribution in [0.1, 0.15) is 29.9 Å². The second-order valence-electron chi connectivity index (χ2n) is 10.0. The number of benzene rings is 2. The highest BCUT2D eigenvalue weighted by Crippen LogP contribution is 2.40. The number of pyridine rings is 1. The average Bonchev–Trinajstić information content (AvgIpc) is 3.49. The van der Waals surface area contributed by atoms with Gasteiger partial charge in [-0.25, -0.2) is 14.4 Å². The molecule has 0 N–H and O–H groups in total. The number of fused-ring (bicyclic) bond motifs is 1. The standard InChI is InChI=1S/C30H27FN6O/c1-20-34-27-12-22(8-11-28(27)36(20)2)29-26(10-9-24(15-32)35-29)23-16-33-37(17-23)19-30(31)13-25(14-30)38-18-21-6-4-3-5-7-21/h3-12,16-17,25H,13-14,18-19H2,1-2H3. The number of hydrogen-bond acceptors (Lipinski definition) is 5. The Balaban J connectivity index is 1.20. The molecule has 7 nitrogen and oxygen atoms in total. The lowest BCUT2D eigenvalue weighted by Crippen LogP contribution is -2.47. The molecule has 0 atom stereocenters. The molecular formula is C30H27FN6O. The third kappa shape index (κ3) is 4.57. The number of hydrogen-bond donors (Lipinski definition) is 0. The van der Waals surface area contributed by atoms with Gasteiger partial charge in [-0.1, -0.05) is 36.4 Å². The zero-order valence-corrected chi connectivity index (χ0v) is 21.3. The number of ether oxygens (including phenoxy) is 1. The highest BCUT2D eigenvalue weighted by Gasteiger charge is 2.46. The number of rotatable bonds is 7. The second kappa shape index (κ2) is 9.51. The fourth-order valence-electron chi connectivity index (χ4n) is 5.11. The van der Waals surface area contributed by atoms with Crippen LogP contribution in [0.15, 0.2) is 73.1 Å². The molecule has 1 aliphatic carbocycles. The highest BCUT2D eigenvalue weighted by molar-refractivity contribution is 5.87. The van der Waals surface area contributed by atoms with Gasteiger partial charge in [-0.05, 0) is 36.8 Å². The summed E-state index contributed by atoms with van der Waals surface area (Å²) in [6, 6.07) is 21.6. The first kappa shape index (κ1) is 24.0. The fraction of sp³-hybridized carbons (Fsp3) is 0.267. The van der Waals surface area contributed by atoms with Crippen molar-refractivity contribution in [3.63, 3.8) is 0 Å². The summed E-state index contributed by atoms with van der Waals surface area (Å²) in [5, 5.41) is 13.9. The smallest absolute Gasteiger partial charge is 0.141 e. The Morgan fingerprint density at radius 1 is 1.08 bits per heavy atom. The molecule has 8 heteroatoms. The normalized spacial score (nSPS) is 18.8. The number of nitrogens with zero attached hydrogens (tertiary/aromatic N) is 6. The van der Waals surface area contributed by atoms with Crippen molar-refractivity contribution < 1.29 is 9.13 Å². The SMILES string of the molecule is Cc1nc2cc(-c3nc(C#N)ccc3-c3cnn(CC4(F)CC(OCc5ccccc5)C4)c3)ccc2n1C. The van der Waals surface area contributed by atoms with Crippen LogP contribution in [0.2, 0.25) is 0 Å². The van der Waals surface area contributed by atoms with Crippen molar-refractivity contribution >= 4 is 11.0 Å². The van der Waals surface area contributed by atoms with E-state index in [1.165, 1.54) is 0 Å². The third-order valence-electron chi connectivity index (χ3n) is 7.29. The quantitative estimate of drug-likeness (QED) is 0.280. The van der Waals surface area contributed by atoms with E-state index >= 15 is 4.39 Å². The minimum atomic E-state index is -1.35. The number of aromatic nitrogens is 5. The Morgan fingerprint density at radius 3 is 2.68 bits per heavy atom. The van der Waals surface area contributed by atoms with Gasteiger partial charge in [-0.2, -0.15) is 10.4 Å². The minimum Gasteiger partial charge on any atom is -0.373 e. The lowest BCUT2D eigenvalue weighted by molar-refractivity contribution is -0.110. The van der Waals surface area contributed by atoms with Gasteiger partial charge in [0, 0.05) is 42.8 Å². The first-order valence-electron chi connectivity index (χ1n) is 12.6. The molecule has 0 unspecified atom stereocenters. The molecule has 3 heterocycles. The molecule has 0 spiro atoms. The van der Waals surface area contributed by atoms with E-state index in [0.29, 0.717) is 30.8 Å². The molecule has 0 radical (unpaired) electrons. The van der Waals surface area contributed by atoms with Crippen molar-refractivity contribution in [2.24, 2.45) is 7.05 Å². The Labute approximate surface area is 220 Å². The lowest BCUT2D eigenvalue weighted by Gasteiger charge is -2.40. The van der Waals surface area contributed by atoms with E-state index in [2.05, 4.69) is 21.1 Å². The fourth-order valence-corrected chi connectivity index (χ4v) is 5.11. The molecule has 1 aliphatic rings. The van der Waals surface area contributed by atoms with Crippen molar-refractivity contribution in [3.8, 4) is 28.5 Å². The van der Waals surface area contributed by atoms with Crippen LogP contribution in [0.3, 0.4) is 0 Å². The van der Waals surface area contributed by atoms with Gasteiger partial charge < -0.3 is 9.30 Å². The average molecular weight is 507 g/mol. The van der Waals surface area contributed by atoms with Crippen molar-refractivity contribution in [2.75, 3.05) is 0 Å². The van der Waals surface area contributed by atoms with E-state index in [9.17, 15) is 5.26 Å². The summed E-state index contributed by atoms with van der Waals surface area (Å²) >= 11 is 0. The van der Waals surface area contributed by atoms with Crippen molar-refractivity contribution in [1.29, 1.82) is 5.26 Å². The van der Waals surface area contributed by atoms with E-state index in [1.54, 1.807) is 16.9 Å². The zero-order chi connectivity index (χ0) is 26.3. The van der Waals surface area contributed by atoms with Gasteiger partial charge in [0.15, 0.2) is 0 Å². The summed E-state index contributed by atoms with van der Waals surface area (Å²) < 4.78 is 25.0. The molecular weight excluding hydrogens is 479 g/mol. The summed E-state index contributed by atoms with van der Waals surface area (Å²) in [6.07, 6.45) is 4.18. The van der Waals surface area contributed by atoms with Gasteiger partial charge in [0.1, 0.15) is 23.3 Å². The topological polar surface area (TPSA) is 81.6 Å². The van der Waals surface area contributed by atoms with Crippen LogP contribution in [0.4, 0.5) is 4.39 Å². The first-order valence-corrected chi connectivity index (χ1v) is 12.6. The van der Waals surface area contributed by atoms with Crippen molar-refractivity contribution in [1.82, 2.24) is 24.3 Å². The van der Waals surface area contributed by atoms with Crippen LogP contribution >= 0.6 is 0 Å². The van der Waals surface area contributed by atoms with E-state index < -0.39 is 5.67 Å². The molecule has 38 heavy (non-hydrogen) atoms. The predicted octanol–water partition coefficient (Wildman–Crippen LogP) is 5.77. The number of imidazole rings is 1. The minimum absolute atomic E-state index is 0.0882. The van der Waals surface area contributed by atoms with Gasteiger partial charge in [0.2, 0.25) is 0 Å². The van der Waals surface area contributed by atoms with Gasteiger partial charge in [0.25, 0.3) is 0 Å². The zero-order valence-electron chi connectivity index (χ0n) is 21.3. The lowest BCUT2D eigenvalue weighted by atomic mass is 9.79. The van der Waals surface area contributed by atoms with Crippen LogP contribution in [0.25, 0.3) is 33.4 Å². The maximum Gasteiger partial charge on any atom is 0.141 e. The number of nitriles is 1. The van der Waals surface area contributed by atoms with E-state index in [1.807, 2.05) is 79.3 Å². The predicted molar refractivity (Wildman–Crippen MR) is 143 cm³/mol. The number of halogens is 1. The van der Waals surface area contributed by atoms with Crippen LogP contribution in [-0.4, -0.2) is 36.1 Å². The van der Waals surface area contributed by atoms with Crippen LogP contribution in [0, 0.1) is 18.3 Å². The molecule has 6 rings (SSSR count). The highest BCUT2D eigenvalue weighted by atomic mass is 19.1. The Hall–Kier alpha value is -4.35. The molecule has 190 valence electrons. The monoisotopic (exact) mass is 506 g/mol. The summed E-state index contributed by atoms with van der Waals surface area (Å²) in [5.41, 5.74) is 5.12. The molecule has 0 aliphatic heterocycles. The van der Waals surface area contributed by atoms with Gasteiger partial charge in [-0.3, -0.25) is 4.68 Å². The maximum atomic E-state index is 15.4. The largest absolute Gasteiger partial charge is 0.373 e. The summed E-state index contributed by atoms with van der Waals surface area (Å²) in [6.45, 7) is 2.62. The molecule has 5 aromatic rings. The summed E-state index contributed by atoms with van der Waals surface area (Å²) in [5.74, 6) is 0.918. The van der Waals surface area contributed by atoms with E-state index in [0.717, 1.165) is 39.1 Å². The molecule has 0 saturated heterocycles. The van der Waals surface area contributed by atoms with E-state index in [-0.39, 0.29) is 12.6 Å². The molecule has 0 bridgehead atoms. The summed E-state index contributed by atoms with van der Waals surface area (Å²) in [7, 11) is 1.98.